The first-order valence-electron chi connectivity index (χ1n) is 4.80. The summed E-state index contributed by atoms with van der Waals surface area (Å²) >= 11 is 0. The third kappa shape index (κ3) is 1.73. The van der Waals surface area contributed by atoms with Crippen LogP contribution in [0.1, 0.15) is 5.56 Å². The van der Waals surface area contributed by atoms with E-state index in [1.807, 2.05) is 0 Å². The van der Waals surface area contributed by atoms with Gasteiger partial charge in [0.05, 0.1) is 12.0 Å². The topological polar surface area (TPSA) is 82.6 Å². The van der Waals surface area contributed by atoms with Crippen molar-refractivity contribution in [3.8, 4) is 5.75 Å². The molecule has 0 fully saturated rings. The number of benzene rings is 1. The highest BCUT2D eigenvalue weighted by molar-refractivity contribution is 5.90. The average molecular weight is 235 g/mol. The first kappa shape index (κ1) is 11.1. The third-order valence-electron chi connectivity index (χ3n) is 2.46. The molecule has 0 aliphatic heterocycles. The number of ether oxygens (including phenoxy) is 1. The molecule has 0 saturated heterocycles. The summed E-state index contributed by atoms with van der Waals surface area (Å²) in [6, 6.07) is 4.39. The van der Waals surface area contributed by atoms with Crippen LogP contribution in [0.3, 0.4) is 0 Å². The molecule has 88 valence electrons. The van der Waals surface area contributed by atoms with Gasteiger partial charge in [0.1, 0.15) is 0 Å². The van der Waals surface area contributed by atoms with Crippen molar-refractivity contribution in [3.05, 3.63) is 44.3 Å². The lowest BCUT2D eigenvalue weighted by atomic mass is 10.1. The van der Waals surface area contributed by atoms with Crippen molar-refractivity contribution < 1.29 is 14.1 Å². The van der Waals surface area contributed by atoms with Gasteiger partial charge >= 0.3 is 11.3 Å². The number of hydrogen-bond acceptors (Lipinski definition) is 5. The van der Waals surface area contributed by atoms with E-state index in [4.69, 9.17) is 9.15 Å². The zero-order valence-corrected chi connectivity index (χ0v) is 9.22. The molecule has 0 spiro atoms. The van der Waals surface area contributed by atoms with E-state index in [-0.39, 0.29) is 17.0 Å². The molecule has 2 aromatic rings. The highest BCUT2D eigenvalue weighted by Gasteiger charge is 2.22. The molecule has 2 rings (SSSR count). The van der Waals surface area contributed by atoms with E-state index in [0.717, 1.165) is 0 Å². The molecule has 0 saturated carbocycles. The molecule has 0 radical (unpaired) electrons. The molecule has 1 heterocycles. The summed E-state index contributed by atoms with van der Waals surface area (Å²) in [4.78, 5) is 21.6. The fourth-order valence-corrected chi connectivity index (χ4v) is 1.69. The van der Waals surface area contributed by atoms with Crippen LogP contribution >= 0.6 is 0 Å². The maximum Gasteiger partial charge on any atom is 0.353 e. The van der Waals surface area contributed by atoms with Crippen LogP contribution in [-0.4, -0.2) is 12.0 Å². The van der Waals surface area contributed by atoms with Gasteiger partial charge in [0.15, 0.2) is 0 Å². The van der Waals surface area contributed by atoms with E-state index in [0.29, 0.717) is 10.9 Å². The summed E-state index contributed by atoms with van der Waals surface area (Å²) in [7, 11) is 1.32. The van der Waals surface area contributed by atoms with Gasteiger partial charge in [-0.3, -0.25) is 10.1 Å². The van der Waals surface area contributed by atoms with Crippen LogP contribution in [0.5, 0.6) is 5.75 Å². The standard InChI is InChI=1S/C11H9NO5/c1-6-5-9(13)17-11-7(6)3-4-8(16-2)10(11)12(14)15/h3-5H,1-2H3. The van der Waals surface area contributed by atoms with Gasteiger partial charge in [-0.15, -0.1) is 0 Å². The lowest BCUT2D eigenvalue weighted by Gasteiger charge is -2.05. The minimum absolute atomic E-state index is 0.0562. The van der Waals surface area contributed by atoms with E-state index in [9.17, 15) is 14.9 Å². The van der Waals surface area contributed by atoms with E-state index in [2.05, 4.69) is 0 Å². The van der Waals surface area contributed by atoms with Crippen molar-refractivity contribution in [1.29, 1.82) is 0 Å². The first-order chi connectivity index (χ1) is 8.04. The average Bonchev–Trinajstić information content (AvgIpc) is 2.26. The van der Waals surface area contributed by atoms with Crippen LogP contribution in [0.2, 0.25) is 0 Å². The van der Waals surface area contributed by atoms with Gasteiger partial charge in [0.25, 0.3) is 0 Å². The second kappa shape index (κ2) is 3.89. The highest BCUT2D eigenvalue weighted by atomic mass is 16.6. The van der Waals surface area contributed by atoms with Crippen molar-refractivity contribution in [2.45, 2.75) is 6.92 Å². The molecule has 0 aliphatic rings. The Kier molecular flexibility index (Phi) is 2.55. The lowest BCUT2D eigenvalue weighted by molar-refractivity contribution is -0.384. The van der Waals surface area contributed by atoms with Crippen molar-refractivity contribution >= 4 is 16.7 Å². The Morgan fingerprint density at radius 2 is 2.12 bits per heavy atom. The van der Waals surface area contributed by atoms with Crippen LogP contribution < -0.4 is 10.4 Å². The van der Waals surface area contributed by atoms with Gasteiger partial charge in [-0.1, -0.05) is 0 Å². The Labute approximate surface area is 95.6 Å². The summed E-state index contributed by atoms with van der Waals surface area (Å²) in [6.07, 6.45) is 0. The zero-order valence-electron chi connectivity index (χ0n) is 9.22. The SMILES string of the molecule is COc1ccc2c(C)cc(=O)oc2c1[N+](=O)[O-]. The van der Waals surface area contributed by atoms with Crippen LogP contribution in [0.25, 0.3) is 11.0 Å². The van der Waals surface area contributed by atoms with Gasteiger partial charge in [-0.2, -0.15) is 0 Å². The molecule has 0 amide bonds. The Hall–Kier alpha value is -2.37. The molecule has 6 nitrogen and oxygen atoms in total. The Morgan fingerprint density at radius 3 is 2.71 bits per heavy atom. The molecule has 0 atom stereocenters. The van der Waals surface area contributed by atoms with E-state index in [1.165, 1.54) is 19.2 Å². The summed E-state index contributed by atoms with van der Waals surface area (Å²) < 4.78 is 9.79. The Morgan fingerprint density at radius 1 is 1.41 bits per heavy atom. The molecular weight excluding hydrogens is 226 g/mol. The van der Waals surface area contributed by atoms with E-state index >= 15 is 0 Å². The molecule has 6 heteroatoms. The number of nitrogens with zero attached hydrogens (tertiary/aromatic N) is 1. The van der Waals surface area contributed by atoms with E-state index < -0.39 is 10.5 Å². The number of methoxy groups -OCH3 is 1. The summed E-state index contributed by atoms with van der Waals surface area (Å²) in [5, 5.41) is 11.5. The minimum Gasteiger partial charge on any atom is -0.490 e. The quantitative estimate of drug-likeness (QED) is 0.451. The van der Waals surface area contributed by atoms with Crippen molar-refractivity contribution in [1.82, 2.24) is 0 Å². The number of fused-ring (bicyclic) bond motifs is 1. The van der Waals surface area contributed by atoms with Crippen LogP contribution in [-0.2, 0) is 0 Å². The van der Waals surface area contributed by atoms with Crippen LogP contribution in [0.15, 0.2) is 27.4 Å². The molecule has 0 N–H and O–H groups in total. The fraction of sp³-hybridized carbons (Fsp3) is 0.182. The normalized spacial score (nSPS) is 10.5. The maximum absolute atomic E-state index is 11.2. The molecule has 1 aromatic carbocycles. The largest absolute Gasteiger partial charge is 0.490 e. The Bertz CT molecular complexity index is 659. The number of nitro benzene ring substituents is 1. The number of aryl methyl sites for hydroxylation is 1. The maximum atomic E-state index is 11.2. The predicted octanol–water partition coefficient (Wildman–Crippen LogP) is 2.02. The van der Waals surface area contributed by atoms with Gasteiger partial charge in [-0.25, -0.2) is 4.79 Å². The van der Waals surface area contributed by atoms with E-state index in [1.54, 1.807) is 13.0 Å². The molecule has 1 aromatic heterocycles. The smallest absolute Gasteiger partial charge is 0.353 e. The van der Waals surface area contributed by atoms with Crippen LogP contribution in [0.4, 0.5) is 5.69 Å². The number of rotatable bonds is 2. The minimum atomic E-state index is -0.621. The molecular formula is C11H9NO5. The number of hydrogen-bond donors (Lipinski definition) is 0. The summed E-state index contributed by atoms with van der Waals surface area (Å²) in [5.41, 5.74) is -0.376. The Balaban J connectivity index is 2.99. The molecule has 0 bridgehead atoms. The zero-order chi connectivity index (χ0) is 12.6. The van der Waals surface area contributed by atoms with Crippen molar-refractivity contribution in [2.24, 2.45) is 0 Å². The molecule has 0 unspecified atom stereocenters. The van der Waals surface area contributed by atoms with Gasteiger partial charge in [-0.05, 0) is 24.6 Å². The third-order valence-corrected chi connectivity index (χ3v) is 2.46. The summed E-state index contributed by atoms with van der Waals surface area (Å²) in [6.45, 7) is 1.69. The lowest BCUT2D eigenvalue weighted by Crippen LogP contribution is -2.01. The highest BCUT2D eigenvalue weighted by Crippen LogP contribution is 2.35. The summed E-state index contributed by atoms with van der Waals surface area (Å²) in [5.74, 6) is 0.0660. The second-order valence-corrected chi connectivity index (χ2v) is 3.50. The van der Waals surface area contributed by atoms with Gasteiger partial charge < -0.3 is 9.15 Å². The van der Waals surface area contributed by atoms with Gasteiger partial charge in [0, 0.05) is 11.5 Å². The molecule has 0 aliphatic carbocycles. The fourth-order valence-electron chi connectivity index (χ4n) is 1.69. The van der Waals surface area contributed by atoms with Crippen molar-refractivity contribution in [3.63, 3.8) is 0 Å². The second-order valence-electron chi connectivity index (χ2n) is 3.50. The van der Waals surface area contributed by atoms with Gasteiger partial charge in [0.2, 0.25) is 11.3 Å². The van der Waals surface area contributed by atoms with Crippen LogP contribution in [0, 0.1) is 17.0 Å². The predicted molar refractivity (Wildman–Crippen MR) is 60.4 cm³/mol. The first-order valence-corrected chi connectivity index (χ1v) is 4.80. The number of nitro groups is 1. The van der Waals surface area contributed by atoms with Crippen molar-refractivity contribution in [2.75, 3.05) is 7.11 Å². The monoisotopic (exact) mass is 235 g/mol. The molecule has 17 heavy (non-hydrogen) atoms.